The lowest BCUT2D eigenvalue weighted by molar-refractivity contribution is 0.231. The molecule has 0 bridgehead atoms. The summed E-state index contributed by atoms with van der Waals surface area (Å²) in [4.78, 5) is 15.6. The van der Waals surface area contributed by atoms with Crippen LogP contribution in [-0.2, 0) is 25.9 Å². The molecule has 0 unspecified atom stereocenters. The molecule has 0 N–H and O–H groups in total. The van der Waals surface area contributed by atoms with Crippen LogP contribution in [0.3, 0.4) is 0 Å². The second-order valence-electron chi connectivity index (χ2n) is 6.05. The number of rotatable bonds is 4. The fraction of sp³-hybridized carbons (Fsp3) is 0.600. The van der Waals surface area contributed by atoms with Gasteiger partial charge >= 0.3 is 0 Å². The minimum absolute atomic E-state index is 0.528. The van der Waals surface area contributed by atoms with Crippen LogP contribution in [0, 0.1) is 12.8 Å². The summed E-state index contributed by atoms with van der Waals surface area (Å²) in [5, 5.41) is 4.08. The Hall–Kier alpha value is -1.82. The number of nitrogens with zero attached hydrogens (tertiary/aromatic N) is 5. The standard InChI is InChI=1S/C15H21N5O/c1-10(2)6-15-18-14(19-21-15)9-20-5-4-12-7-16-11(3)17-13(12)8-20/h7,10H,4-6,8-9H2,1-3H3. The van der Waals surface area contributed by atoms with E-state index in [2.05, 4.69) is 38.9 Å². The average Bonchev–Trinajstić information content (AvgIpc) is 2.84. The highest BCUT2D eigenvalue weighted by atomic mass is 16.5. The molecule has 0 atom stereocenters. The molecule has 0 aliphatic carbocycles. The van der Waals surface area contributed by atoms with Crippen molar-refractivity contribution in [3.63, 3.8) is 0 Å². The monoisotopic (exact) mass is 287 g/mol. The van der Waals surface area contributed by atoms with Crippen LogP contribution in [0.25, 0.3) is 0 Å². The summed E-state index contributed by atoms with van der Waals surface area (Å²) in [7, 11) is 0. The van der Waals surface area contributed by atoms with Crippen LogP contribution in [0.15, 0.2) is 10.7 Å². The zero-order valence-electron chi connectivity index (χ0n) is 12.8. The van der Waals surface area contributed by atoms with Gasteiger partial charge in [0.15, 0.2) is 5.82 Å². The van der Waals surface area contributed by atoms with Crippen LogP contribution >= 0.6 is 0 Å². The quantitative estimate of drug-likeness (QED) is 0.856. The van der Waals surface area contributed by atoms with E-state index in [1.54, 1.807) is 0 Å². The fourth-order valence-corrected chi connectivity index (χ4v) is 2.58. The maximum atomic E-state index is 5.29. The van der Waals surface area contributed by atoms with Crippen molar-refractivity contribution < 1.29 is 4.52 Å². The molecular weight excluding hydrogens is 266 g/mol. The SMILES string of the molecule is Cc1ncc2c(n1)CN(Cc1noc(CC(C)C)n1)CC2. The summed E-state index contributed by atoms with van der Waals surface area (Å²) < 4.78 is 5.29. The van der Waals surface area contributed by atoms with Gasteiger partial charge in [0, 0.05) is 25.7 Å². The topological polar surface area (TPSA) is 67.9 Å². The van der Waals surface area contributed by atoms with Crippen molar-refractivity contribution in [2.24, 2.45) is 5.92 Å². The van der Waals surface area contributed by atoms with E-state index in [1.165, 1.54) is 5.56 Å². The molecule has 0 aromatic carbocycles. The molecule has 1 aliphatic heterocycles. The predicted octanol–water partition coefficient (Wildman–Crippen LogP) is 1.92. The first-order valence-corrected chi connectivity index (χ1v) is 7.45. The van der Waals surface area contributed by atoms with E-state index >= 15 is 0 Å². The Kier molecular flexibility index (Phi) is 3.96. The van der Waals surface area contributed by atoms with Crippen molar-refractivity contribution in [1.29, 1.82) is 0 Å². The van der Waals surface area contributed by atoms with Crippen LogP contribution in [0.5, 0.6) is 0 Å². The van der Waals surface area contributed by atoms with E-state index in [1.807, 2.05) is 13.1 Å². The smallest absolute Gasteiger partial charge is 0.226 e. The van der Waals surface area contributed by atoms with Crippen molar-refractivity contribution in [3.05, 3.63) is 35.0 Å². The second-order valence-corrected chi connectivity index (χ2v) is 6.05. The molecule has 3 heterocycles. The van der Waals surface area contributed by atoms with Crippen molar-refractivity contribution in [1.82, 2.24) is 25.0 Å². The molecule has 21 heavy (non-hydrogen) atoms. The second kappa shape index (κ2) is 5.89. The molecule has 0 fully saturated rings. The molecule has 1 aliphatic rings. The zero-order chi connectivity index (χ0) is 14.8. The predicted molar refractivity (Wildman–Crippen MR) is 77.4 cm³/mol. The van der Waals surface area contributed by atoms with E-state index in [0.29, 0.717) is 12.5 Å². The van der Waals surface area contributed by atoms with Gasteiger partial charge in [-0.3, -0.25) is 4.90 Å². The van der Waals surface area contributed by atoms with E-state index < -0.39 is 0 Å². The summed E-state index contributed by atoms with van der Waals surface area (Å²) in [5.74, 6) is 2.85. The Morgan fingerprint density at radius 1 is 1.33 bits per heavy atom. The summed E-state index contributed by atoms with van der Waals surface area (Å²) in [6.45, 7) is 8.74. The first-order valence-electron chi connectivity index (χ1n) is 7.45. The van der Waals surface area contributed by atoms with Gasteiger partial charge in [-0.2, -0.15) is 4.98 Å². The first kappa shape index (κ1) is 14.1. The summed E-state index contributed by atoms with van der Waals surface area (Å²) in [6, 6.07) is 0. The largest absolute Gasteiger partial charge is 0.339 e. The zero-order valence-corrected chi connectivity index (χ0v) is 12.8. The molecule has 0 spiro atoms. The van der Waals surface area contributed by atoms with Gasteiger partial charge in [0.2, 0.25) is 5.89 Å². The van der Waals surface area contributed by atoms with Gasteiger partial charge < -0.3 is 4.52 Å². The van der Waals surface area contributed by atoms with E-state index in [9.17, 15) is 0 Å². The van der Waals surface area contributed by atoms with E-state index in [0.717, 1.165) is 49.2 Å². The molecule has 2 aromatic heterocycles. The van der Waals surface area contributed by atoms with Crippen molar-refractivity contribution in [3.8, 4) is 0 Å². The maximum absolute atomic E-state index is 5.29. The lowest BCUT2D eigenvalue weighted by Gasteiger charge is -2.26. The van der Waals surface area contributed by atoms with Crippen molar-refractivity contribution >= 4 is 0 Å². The Labute approximate surface area is 124 Å². The third-order valence-electron chi connectivity index (χ3n) is 3.60. The van der Waals surface area contributed by atoms with Crippen LogP contribution in [0.1, 0.15) is 42.6 Å². The average molecular weight is 287 g/mol. The third kappa shape index (κ3) is 3.44. The van der Waals surface area contributed by atoms with Gasteiger partial charge in [-0.05, 0) is 24.8 Å². The minimum Gasteiger partial charge on any atom is -0.339 e. The lowest BCUT2D eigenvalue weighted by Crippen LogP contribution is -2.31. The van der Waals surface area contributed by atoms with E-state index in [-0.39, 0.29) is 0 Å². The summed E-state index contributed by atoms with van der Waals surface area (Å²) >= 11 is 0. The molecular formula is C15H21N5O. The van der Waals surface area contributed by atoms with Crippen LogP contribution in [-0.4, -0.2) is 31.6 Å². The molecule has 3 rings (SSSR count). The maximum Gasteiger partial charge on any atom is 0.226 e. The molecule has 0 amide bonds. The van der Waals surface area contributed by atoms with Crippen LogP contribution in [0.2, 0.25) is 0 Å². The number of hydrogen-bond acceptors (Lipinski definition) is 6. The summed E-state index contributed by atoms with van der Waals surface area (Å²) in [6.07, 6.45) is 3.76. The Morgan fingerprint density at radius 2 is 2.19 bits per heavy atom. The Bertz CT molecular complexity index is 622. The number of fused-ring (bicyclic) bond motifs is 1. The molecule has 6 heteroatoms. The van der Waals surface area contributed by atoms with Gasteiger partial charge in [0.05, 0.1) is 12.2 Å². The normalized spacial score (nSPS) is 15.4. The molecule has 6 nitrogen and oxygen atoms in total. The molecule has 2 aromatic rings. The third-order valence-corrected chi connectivity index (χ3v) is 3.60. The van der Waals surface area contributed by atoms with Gasteiger partial charge in [0.1, 0.15) is 5.82 Å². The van der Waals surface area contributed by atoms with Crippen molar-refractivity contribution in [2.75, 3.05) is 6.54 Å². The van der Waals surface area contributed by atoms with Gasteiger partial charge in [-0.15, -0.1) is 0 Å². The van der Waals surface area contributed by atoms with E-state index in [4.69, 9.17) is 4.52 Å². The first-order chi connectivity index (χ1) is 10.1. The van der Waals surface area contributed by atoms with Crippen molar-refractivity contribution in [2.45, 2.75) is 46.7 Å². The fourth-order valence-electron chi connectivity index (χ4n) is 2.58. The highest BCUT2D eigenvalue weighted by Crippen LogP contribution is 2.18. The van der Waals surface area contributed by atoms with Gasteiger partial charge in [0.25, 0.3) is 0 Å². The van der Waals surface area contributed by atoms with Crippen LogP contribution in [0.4, 0.5) is 0 Å². The molecule has 112 valence electrons. The van der Waals surface area contributed by atoms with Gasteiger partial charge in [-0.1, -0.05) is 19.0 Å². The van der Waals surface area contributed by atoms with Crippen LogP contribution < -0.4 is 0 Å². The highest BCUT2D eigenvalue weighted by Gasteiger charge is 2.20. The minimum atomic E-state index is 0.528. The van der Waals surface area contributed by atoms with Gasteiger partial charge in [-0.25, -0.2) is 9.97 Å². The highest BCUT2D eigenvalue weighted by molar-refractivity contribution is 5.20. The molecule has 0 saturated carbocycles. The lowest BCUT2D eigenvalue weighted by atomic mass is 10.1. The number of aryl methyl sites for hydroxylation is 1. The Morgan fingerprint density at radius 3 is 3.00 bits per heavy atom. The summed E-state index contributed by atoms with van der Waals surface area (Å²) in [5.41, 5.74) is 2.38. The number of hydrogen-bond donors (Lipinski definition) is 0. The molecule has 0 radical (unpaired) electrons. The number of aromatic nitrogens is 4. The molecule has 0 saturated heterocycles. The Balaban J connectivity index is 1.65.